The van der Waals surface area contributed by atoms with Gasteiger partial charge in [-0.15, -0.1) is 5.10 Å². The standard InChI is InChI=1S/C16H23N5O3S/c1-11-5-3-7-20(10-11)16-19-21-14(23)12(9-18-15(21)25-16)13(22)17-6-4-8-24-2/h9,11H,3-8,10H2,1-2H3,(H,17,22)/t11-/m1/s1. The van der Waals surface area contributed by atoms with Gasteiger partial charge in [0.2, 0.25) is 10.1 Å². The highest BCUT2D eigenvalue weighted by atomic mass is 32.1. The molecule has 3 rings (SSSR count). The molecule has 3 heterocycles. The number of fused-ring (bicyclic) bond motifs is 1. The van der Waals surface area contributed by atoms with Crippen molar-refractivity contribution in [1.29, 1.82) is 0 Å². The molecule has 1 saturated heterocycles. The van der Waals surface area contributed by atoms with Gasteiger partial charge in [0.15, 0.2) is 0 Å². The van der Waals surface area contributed by atoms with Crippen LogP contribution >= 0.6 is 11.3 Å². The van der Waals surface area contributed by atoms with Crippen LogP contribution in [-0.4, -0.2) is 53.9 Å². The number of methoxy groups -OCH3 is 1. The third-order valence-electron chi connectivity index (χ3n) is 4.26. The van der Waals surface area contributed by atoms with Gasteiger partial charge >= 0.3 is 0 Å². The first-order valence-electron chi connectivity index (χ1n) is 8.51. The predicted octanol–water partition coefficient (Wildman–Crippen LogP) is 1.15. The fourth-order valence-corrected chi connectivity index (χ4v) is 3.83. The number of amides is 1. The molecule has 0 saturated carbocycles. The van der Waals surface area contributed by atoms with Crippen molar-refractivity contribution in [3.8, 4) is 0 Å². The summed E-state index contributed by atoms with van der Waals surface area (Å²) in [7, 11) is 1.61. The van der Waals surface area contributed by atoms with E-state index in [1.165, 1.54) is 28.5 Å². The molecule has 1 aliphatic heterocycles. The van der Waals surface area contributed by atoms with Crippen LogP contribution in [0, 0.1) is 5.92 Å². The van der Waals surface area contributed by atoms with Crippen LogP contribution in [0.3, 0.4) is 0 Å². The van der Waals surface area contributed by atoms with E-state index >= 15 is 0 Å². The van der Waals surface area contributed by atoms with Crippen molar-refractivity contribution in [2.24, 2.45) is 5.92 Å². The maximum Gasteiger partial charge on any atom is 0.288 e. The Morgan fingerprint density at radius 3 is 3.12 bits per heavy atom. The summed E-state index contributed by atoms with van der Waals surface area (Å²) in [6.07, 6.45) is 4.36. The van der Waals surface area contributed by atoms with Gasteiger partial charge < -0.3 is 15.0 Å². The molecule has 1 atom stereocenters. The van der Waals surface area contributed by atoms with Crippen LogP contribution in [0.2, 0.25) is 0 Å². The van der Waals surface area contributed by atoms with Crippen LogP contribution in [0.5, 0.6) is 0 Å². The smallest absolute Gasteiger partial charge is 0.288 e. The van der Waals surface area contributed by atoms with Crippen LogP contribution < -0.4 is 15.8 Å². The number of hydrogen-bond acceptors (Lipinski definition) is 7. The summed E-state index contributed by atoms with van der Waals surface area (Å²) in [6, 6.07) is 0. The van der Waals surface area contributed by atoms with Gasteiger partial charge in [0.1, 0.15) is 5.56 Å². The quantitative estimate of drug-likeness (QED) is 0.773. The fraction of sp³-hybridized carbons (Fsp3) is 0.625. The van der Waals surface area contributed by atoms with Crippen molar-refractivity contribution in [1.82, 2.24) is 19.9 Å². The number of carbonyl (C=O) groups excluding carboxylic acids is 1. The maximum absolute atomic E-state index is 12.6. The molecule has 0 spiro atoms. The summed E-state index contributed by atoms with van der Waals surface area (Å²) in [5, 5.41) is 7.90. The van der Waals surface area contributed by atoms with Crippen LogP contribution in [0.4, 0.5) is 5.13 Å². The van der Waals surface area contributed by atoms with Crippen LogP contribution in [0.25, 0.3) is 4.96 Å². The number of hydrogen-bond donors (Lipinski definition) is 1. The van der Waals surface area contributed by atoms with E-state index in [0.717, 1.165) is 24.6 Å². The zero-order chi connectivity index (χ0) is 17.8. The number of carbonyl (C=O) groups is 1. The SMILES string of the molecule is COCCCNC(=O)c1cnc2sc(N3CCC[C@@H](C)C3)nn2c1=O. The zero-order valence-electron chi connectivity index (χ0n) is 14.5. The number of rotatable bonds is 6. The minimum Gasteiger partial charge on any atom is -0.385 e. The minimum absolute atomic E-state index is 0.0128. The number of aromatic nitrogens is 3. The van der Waals surface area contributed by atoms with E-state index < -0.39 is 11.5 Å². The molecule has 2 aromatic heterocycles. The summed E-state index contributed by atoms with van der Waals surface area (Å²) in [5.74, 6) is 0.183. The number of piperidine rings is 1. The van der Waals surface area contributed by atoms with Crippen molar-refractivity contribution in [3.05, 3.63) is 22.1 Å². The molecule has 0 unspecified atom stereocenters. The second-order valence-electron chi connectivity index (χ2n) is 6.35. The summed E-state index contributed by atoms with van der Waals surface area (Å²) in [5.41, 5.74) is -0.416. The lowest BCUT2D eigenvalue weighted by Crippen LogP contribution is -2.35. The summed E-state index contributed by atoms with van der Waals surface area (Å²) < 4.78 is 6.18. The highest BCUT2D eigenvalue weighted by Crippen LogP contribution is 2.26. The topological polar surface area (TPSA) is 88.8 Å². The third kappa shape index (κ3) is 3.98. The largest absolute Gasteiger partial charge is 0.385 e. The Kier molecular flexibility index (Phi) is 5.64. The molecule has 1 N–H and O–H groups in total. The Balaban J connectivity index is 1.80. The van der Waals surface area contributed by atoms with E-state index in [2.05, 4.69) is 27.2 Å². The van der Waals surface area contributed by atoms with Gasteiger partial charge in [-0.1, -0.05) is 18.3 Å². The highest BCUT2D eigenvalue weighted by molar-refractivity contribution is 7.20. The van der Waals surface area contributed by atoms with Crippen molar-refractivity contribution >= 4 is 27.3 Å². The highest BCUT2D eigenvalue weighted by Gasteiger charge is 2.22. The molecular formula is C16H23N5O3S. The molecular weight excluding hydrogens is 342 g/mol. The number of ether oxygens (including phenoxy) is 1. The predicted molar refractivity (Wildman–Crippen MR) is 96.6 cm³/mol. The molecule has 0 aromatic carbocycles. The van der Waals surface area contributed by atoms with Gasteiger partial charge in [-0.25, -0.2) is 4.98 Å². The second kappa shape index (κ2) is 7.92. The van der Waals surface area contributed by atoms with E-state index in [0.29, 0.717) is 30.5 Å². The zero-order valence-corrected chi connectivity index (χ0v) is 15.3. The van der Waals surface area contributed by atoms with Crippen molar-refractivity contribution in [3.63, 3.8) is 0 Å². The van der Waals surface area contributed by atoms with Gasteiger partial charge in [0.05, 0.1) is 0 Å². The lowest BCUT2D eigenvalue weighted by Gasteiger charge is -2.30. The Morgan fingerprint density at radius 2 is 2.36 bits per heavy atom. The summed E-state index contributed by atoms with van der Waals surface area (Å²) in [4.78, 5) is 31.7. The number of anilines is 1. The first kappa shape index (κ1) is 17.8. The molecule has 136 valence electrons. The molecule has 25 heavy (non-hydrogen) atoms. The number of nitrogens with zero attached hydrogens (tertiary/aromatic N) is 4. The van der Waals surface area contributed by atoms with Gasteiger partial charge in [-0.3, -0.25) is 9.59 Å². The normalized spacial score (nSPS) is 17.8. The molecule has 8 nitrogen and oxygen atoms in total. The van der Waals surface area contributed by atoms with Crippen molar-refractivity contribution in [2.45, 2.75) is 26.2 Å². The van der Waals surface area contributed by atoms with E-state index in [4.69, 9.17) is 4.74 Å². The van der Waals surface area contributed by atoms with Crippen molar-refractivity contribution < 1.29 is 9.53 Å². The molecule has 9 heteroatoms. The Hall–Kier alpha value is -2.00. The monoisotopic (exact) mass is 365 g/mol. The average molecular weight is 365 g/mol. The Morgan fingerprint density at radius 1 is 1.52 bits per heavy atom. The summed E-state index contributed by atoms with van der Waals surface area (Å²) >= 11 is 1.38. The molecule has 0 aliphatic carbocycles. The van der Waals surface area contributed by atoms with Gasteiger partial charge in [0.25, 0.3) is 11.5 Å². The Labute approximate surface area is 149 Å². The lowest BCUT2D eigenvalue weighted by atomic mass is 10.0. The molecule has 0 bridgehead atoms. The maximum atomic E-state index is 12.6. The van der Waals surface area contributed by atoms with Crippen molar-refractivity contribution in [2.75, 3.05) is 38.3 Å². The van der Waals surface area contributed by atoms with Crippen LogP contribution in [-0.2, 0) is 4.74 Å². The third-order valence-corrected chi connectivity index (χ3v) is 5.24. The first-order chi connectivity index (χ1) is 12.1. The molecule has 1 fully saturated rings. The average Bonchev–Trinajstić information content (AvgIpc) is 3.04. The second-order valence-corrected chi connectivity index (χ2v) is 7.29. The molecule has 1 aliphatic rings. The molecule has 2 aromatic rings. The van der Waals surface area contributed by atoms with E-state index in [1.807, 2.05) is 0 Å². The van der Waals surface area contributed by atoms with E-state index in [9.17, 15) is 9.59 Å². The van der Waals surface area contributed by atoms with Gasteiger partial charge in [0, 0.05) is 39.5 Å². The van der Waals surface area contributed by atoms with Crippen LogP contribution in [0.1, 0.15) is 36.5 Å². The van der Waals surface area contributed by atoms with E-state index in [-0.39, 0.29) is 5.56 Å². The van der Waals surface area contributed by atoms with Crippen LogP contribution in [0.15, 0.2) is 11.0 Å². The summed E-state index contributed by atoms with van der Waals surface area (Å²) in [6.45, 7) is 5.09. The lowest BCUT2D eigenvalue weighted by molar-refractivity contribution is 0.0946. The van der Waals surface area contributed by atoms with Gasteiger partial charge in [-0.05, 0) is 25.2 Å². The first-order valence-corrected chi connectivity index (χ1v) is 9.32. The Bertz CT molecular complexity index is 803. The van der Waals surface area contributed by atoms with E-state index in [1.54, 1.807) is 7.11 Å². The fourth-order valence-electron chi connectivity index (χ4n) is 2.94. The van der Waals surface area contributed by atoms with Gasteiger partial charge in [-0.2, -0.15) is 4.52 Å². The molecule has 1 amide bonds. The molecule has 0 radical (unpaired) electrons. The number of nitrogens with one attached hydrogen (secondary N) is 1. The minimum atomic E-state index is -0.429.